The van der Waals surface area contributed by atoms with Crippen LogP contribution in [0.4, 0.5) is 5.69 Å². The maximum absolute atomic E-state index is 12.7. The predicted molar refractivity (Wildman–Crippen MR) is 103 cm³/mol. The van der Waals surface area contributed by atoms with Crippen molar-refractivity contribution < 1.29 is 4.79 Å². The third-order valence-electron chi connectivity index (χ3n) is 5.07. The lowest BCUT2D eigenvalue weighted by Gasteiger charge is -2.24. The van der Waals surface area contributed by atoms with Gasteiger partial charge in [-0.3, -0.25) is 9.69 Å². The molecule has 1 unspecified atom stereocenters. The van der Waals surface area contributed by atoms with E-state index in [1.165, 1.54) is 5.56 Å². The summed E-state index contributed by atoms with van der Waals surface area (Å²) in [7, 11) is 0. The molecule has 1 heterocycles. The van der Waals surface area contributed by atoms with Gasteiger partial charge >= 0.3 is 0 Å². The molecule has 0 aliphatic carbocycles. The van der Waals surface area contributed by atoms with E-state index in [0.717, 1.165) is 17.8 Å². The highest BCUT2D eigenvalue weighted by Crippen LogP contribution is 2.28. The average molecular weight is 358 g/mol. The van der Waals surface area contributed by atoms with Gasteiger partial charge in [0.2, 0.25) is 5.91 Å². The fraction of sp³-hybridized carbons (Fsp3) is 0.350. The summed E-state index contributed by atoms with van der Waals surface area (Å²) >= 11 is 6.13. The van der Waals surface area contributed by atoms with Crippen LogP contribution in [0.15, 0.2) is 48.5 Å². The number of nitrogens with one attached hydrogen (secondary N) is 1. The maximum Gasteiger partial charge on any atom is 0.241 e. The molecule has 3 atom stereocenters. The first-order valence-electron chi connectivity index (χ1n) is 8.58. The van der Waals surface area contributed by atoms with Gasteiger partial charge in [-0.1, -0.05) is 48.0 Å². The highest BCUT2D eigenvalue weighted by atomic mass is 35.5. The van der Waals surface area contributed by atoms with Crippen molar-refractivity contribution in [1.29, 1.82) is 0 Å². The van der Waals surface area contributed by atoms with E-state index in [4.69, 9.17) is 17.3 Å². The number of likely N-dealkylation sites (tertiary alicyclic amines) is 1. The number of hydrogen-bond donors (Lipinski definition) is 2. The van der Waals surface area contributed by atoms with Crippen molar-refractivity contribution in [3.8, 4) is 0 Å². The summed E-state index contributed by atoms with van der Waals surface area (Å²) in [5.74, 6) is 0.218. The molecule has 132 valence electrons. The predicted octanol–water partition coefficient (Wildman–Crippen LogP) is 3.40. The van der Waals surface area contributed by atoms with Crippen molar-refractivity contribution >= 4 is 23.2 Å². The number of rotatable bonds is 4. The molecule has 1 saturated heterocycles. The zero-order valence-corrected chi connectivity index (χ0v) is 15.3. The van der Waals surface area contributed by atoms with Gasteiger partial charge in [0.15, 0.2) is 0 Å². The molecule has 1 aliphatic heterocycles. The zero-order valence-electron chi connectivity index (χ0n) is 14.6. The van der Waals surface area contributed by atoms with Crippen molar-refractivity contribution in [2.24, 2.45) is 5.73 Å². The van der Waals surface area contributed by atoms with Crippen LogP contribution in [-0.2, 0) is 4.79 Å². The van der Waals surface area contributed by atoms with Crippen LogP contribution in [-0.4, -0.2) is 36.0 Å². The van der Waals surface area contributed by atoms with Gasteiger partial charge in [-0.25, -0.2) is 0 Å². The Morgan fingerprint density at radius 3 is 2.64 bits per heavy atom. The number of nitrogens with two attached hydrogens (primary N) is 1. The normalized spacial score (nSPS) is 21.9. The summed E-state index contributed by atoms with van der Waals surface area (Å²) in [6.07, 6.45) is 0. The van der Waals surface area contributed by atoms with E-state index in [0.29, 0.717) is 11.6 Å². The van der Waals surface area contributed by atoms with Crippen molar-refractivity contribution in [2.75, 3.05) is 18.4 Å². The minimum Gasteiger partial charge on any atom is -0.326 e. The number of carbonyl (C=O) groups excluding carboxylic acids is 1. The molecule has 0 aromatic heterocycles. The monoisotopic (exact) mass is 357 g/mol. The molecule has 25 heavy (non-hydrogen) atoms. The molecule has 4 nitrogen and oxygen atoms in total. The van der Waals surface area contributed by atoms with Crippen LogP contribution in [0, 0.1) is 6.92 Å². The Balaban J connectivity index is 1.68. The van der Waals surface area contributed by atoms with Crippen molar-refractivity contribution in [3.05, 3.63) is 64.7 Å². The number of carbonyl (C=O) groups is 1. The standard InChI is InChI=1S/C20H24ClN3O/c1-13-17(21)9-6-10-19(13)23-20(25)14(2)24-11-16(18(22)12-24)15-7-4-3-5-8-15/h3-10,14,16,18H,11-12,22H2,1-2H3,(H,23,25)/t14?,16-,18+/m0/s1. The van der Waals surface area contributed by atoms with E-state index in [-0.39, 0.29) is 23.9 Å². The van der Waals surface area contributed by atoms with Gasteiger partial charge in [-0.05, 0) is 37.1 Å². The summed E-state index contributed by atoms with van der Waals surface area (Å²) in [4.78, 5) is 14.8. The number of hydrogen-bond acceptors (Lipinski definition) is 3. The molecule has 0 saturated carbocycles. The molecule has 1 fully saturated rings. The van der Waals surface area contributed by atoms with E-state index in [9.17, 15) is 4.79 Å². The summed E-state index contributed by atoms with van der Waals surface area (Å²) in [6.45, 7) is 5.33. The Hall–Kier alpha value is -1.88. The number of benzene rings is 2. The van der Waals surface area contributed by atoms with Crippen LogP contribution >= 0.6 is 11.6 Å². The molecular formula is C20H24ClN3O. The second-order valence-corrected chi connectivity index (χ2v) is 7.12. The van der Waals surface area contributed by atoms with Crippen LogP contribution in [0.3, 0.4) is 0 Å². The quantitative estimate of drug-likeness (QED) is 0.881. The van der Waals surface area contributed by atoms with E-state index in [1.807, 2.05) is 50.2 Å². The van der Waals surface area contributed by atoms with Crippen LogP contribution < -0.4 is 11.1 Å². The number of anilines is 1. The van der Waals surface area contributed by atoms with E-state index >= 15 is 0 Å². The Morgan fingerprint density at radius 2 is 1.92 bits per heavy atom. The minimum atomic E-state index is -0.252. The second kappa shape index (κ2) is 7.56. The lowest BCUT2D eigenvalue weighted by atomic mass is 9.95. The molecule has 0 radical (unpaired) electrons. The van der Waals surface area contributed by atoms with Gasteiger partial charge in [0.25, 0.3) is 0 Å². The molecule has 2 aromatic rings. The third kappa shape index (κ3) is 3.87. The fourth-order valence-electron chi connectivity index (χ4n) is 3.38. The Morgan fingerprint density at radius 1 is 1.20 bits per heavy atom. The smallest absolute Gasteiger partial charge is 0.241 e. The molecule has 3 N–H and O–H groups in total. The lowest BCUT2D eigenvalue weighted by molar-refractivity contribution is -0.120. The van der Waals surface area contributed by atoms with Gasteiger partial charge < -0.3 is 11.1 Å². The third-order valence-corrected chi connectivity index (χ3v) is 5.48. The molecule has 0 spiro atoms. The lowest BCUT2D eigenvalue weighted by Crippen LogP contribution is -2.41. The number of halogens is 1. The van der Waals surface area contributed by atoms with Gasteiger partial charge in [-0.15, -0.1) is 0 Å². The SMILES string of the molecule is Cc1c(Cl)cccc1NC(=O)C(C)N1C[C@@H](N)[C@H](c2ccccc2)C1. The fourth-order valence-corrected chi connectivity index (χ4v) is 3.55. The summed E-state index contributed by atoms with van der Waals surface area (Å²) in [6, 6.07) is 15.6. The van der Waals surface area contributed by atoms with E-state index in [2.05, 4.69) is 22.3 Å². The maximum atomic E-state index is 12.7. The van der Waals surface area contributed by atoms with Crippen LogP contribution in [0.1, 0.15) is 24.0 Å². The van der Waals surface area contributed by atoms with Gasteiger partial charge in [0, 0.05) is 35.8 Å². The highest BCUT2D eigenvalue weighted by molar-refractivity contribution is 6.31. The first kappa shape index (κ1) is 17.9. The van der Waals surface area contributed by atoms with Gasteiger partial charge in [0.05, 0.1) is 6.04 Å². The average Bonchev–Trinajstić information content (AvgIpc) is 3.00. The van der Waals surface area contributed by atoms with E-state index < -0.39 is 0 Å². The first-order chi connectivity index (χ1) is 12.0. The van der Waals surface area contributed by atoms with Gasteiger partial charge in [0.1, 0.15) is 0 Å². The molecule has 0 bridgehead atoms. The summed E-state index contributed by atoms with van der Waals surface area (Å²) < 4.78 is 0. The van der Waals surface area contributed by atoms with Crippen LogP contribution in [0.2, 0.25) is 5.02 Å². The summed E-state index contributed by atoms with van der Waals surface area (Å²) in [5.41, 5.74) is 9.21. The van der Waals surface area contributed by atoms with E-state index in [1.54, 1.807) is 0 Å². The van der Waals surface area contributed by atoms with Crippen LogP contribution in [0.25, 0.3) is 0 Å². The second-order valence-electron chi connectivity index (χ2n) is 6.71. The number of nitrogens with zero attached hydrogens (tertiary/aromatic N) is 1. The molecule has 2 aromatic carbocycles. The minimum absolute atomic E-state index is 0.0329. The summed E-state index contributed by atoms with van der Waals surface area (Å²) in [5, 5.41) is 3.64. The largest absolute Gasteiger partial charge is 0.326 e. The molecule has 1 amide bonds. The van der Waals surface area contributed by atoms with Crippen molar-refractivity contribution in [2.45, 2.75) is 31.8 Å². The van der Waals surface area contributed by atoms with Gasteiger partial charge in [-0.2, -0.15) is 0 Å². The molecular weight excluding hydrogens is 334 g/mol. The first-order valence-corrected chi connectivity index (χ1v) is 8.95. The topological polar surface area (TPSA) is 58.4 Å². The molecule has 5 heteroatoms. The Kier molecular flexibility index (Phi) is 5.42. The number of amides is 1. The van der Waals surface area contributed by atoms with Crippen molar-refractivity contribution in [1.82, 2.24) is 4.90 Å². The zero-order chi connectivity index (χ0) is 18.0. The van der Waals surface area contributed by atoms with Crippen molar-refractivity contribution in [3.63, 3.8) is 0 Å². The Bertz CT molecular complexity index is 750. The highest BCUT2D eigenvalue weighted by Gasteiger charge is 2.35. The Labute approximate surface area is 154 Å². The van der Waals surface area contributed by atoms with Crippen LogP contribution in [0.5, 0.6) is 0 Å². The molecule has 1 aliphatic rings. The molecule has 3 rings (SSSR count).